The maximum atomic E-state index is 11.4. The molecule has 1 aromatic rings. The molecule has 0 saturated carbocycles. The number of hydrogen-bond donors (Lipinski definition) is 2. The van der Waals surface area contributed by atoms with Crippen molar-refractivity contribution in [2.75, 3.05) is 32.4 Å². The van der Waals surface area contributed by atoms with Crippen LogP contribution < -0.4 is 11.1 Å². The molecule has 1 saturated heterocycles. The highest BCUT2D eigenvalue weighted by molar-refractivity contribution is 7.90. The van der Waals surface area contributed by atoms with E-state index in [0.717, 1.165) is 31.7 Å². The summed E-state index contributed by atoms with van der Waals surface area (Å²) in [6.45, 7) is 3.70. The molecule has 1 unspecified atom stereocenters. The average Bonchev–Trinajstić information content (AvgIpc) is 2.38. The minimum Gasteiger partial charge on any atom is -0.314 e. The number of nitrogens with one attached hydrogen (secondary N) is 1. The molecule has 1 heterocycles. The Balaban J connectivity index is 2.13. The van der Waals surface area contributed by atoms with Crippen LogP contribution in [0.4, 0.5) is 0 Å². The first-order chi connectivity index (χ1) is 8.48. The molecule has 0 aromatic heterocycles. The monoisotopic (exact) mass is 269 g/mol. The lowest BCUT2D eigenvalue weighted by atomic mass is 10.1. The highest BCUT2D eigenvalue weighted by Crippen LogP contribution is 2.18. The van der Waals surface area contributed by atoms with Crippen LogP contribution in [0.1, 0.15) is 11.7 Å². The quantitative estimate of drug-likeness (QED) is 0.805. The fourth-order valence-corrected chi connectivity index (χ4v) is 2.71. The molecule has 1 atom stereocenters. The van der Waals surface area contributed by atoms with Crippen molar-refractivity contribution in [3.63, 3.8) is 0 Å². The largest absolute Gasteiger partial charge is 0.314 e. The van der Waals surface area contributed by atoms with E-state index in [1.165, 1.54) is 6.26 Å². The van der Waals surface area contributed by atoms with E-state index in [1.54, 1.807) is 24.3 Å². The first-order valence-electron chi connectivity index (χ1n) is 5.99. The van der Waals surface area contributed by atoms with Gasteiger partial charge in [0, 0.05) is 32.4 Å². The second-order valence-electron chi connectivity index (χ2n) is 4.57. The number of benzene rings is 1. The lowest BCUT2D eigenvalue weighted by Gasteiger charge is -2.32. The molecule has 1 fully saturated rings. The van der Waals surface area contributed by atoms with Crippen LogP contribution in [0, 0.1) is 0 Å². The van der Waals surface area contributed by atoms with Gasteiger partial charge in [0.15, 0.2) is 9.84 Å². The van der Waals surface area contributed by atoms with Crippen LogP contribution in [0.2, 0.25) is 0 Å². The highest BCUT2D eigenvalue weighted by Gasteiger charge is 2.18. The van der Waals surface area contributed by atoms with E-state index >= 15 is 0 Å². The molecule has 0 aliphatic carbocycles. The number of sulfone groups is 1. The van der Waals surface area contributed by atoms with Gasteiger partial charge in [-0.25, -0.2) is 8.42 Å². The molecule has 5 nitrogen and oxygen atoms in total. The summed E-state index contributed by atoms with van der Waals surface area (Å²) < 4.78 is 22.7. The summed E-state index contributed by atoms with van der Waals surface area (Å²) in [4.78, 5) is 2.52. The molecule has 0 radical (unpaired) electrons. The van der Waals surface area contributed by atoms with Gasteiger partial charge in [0.2, 0.25) is 0 Å². The van der Waals surface area contributed by atoms with Crippen molar-refractivity contribution < 1.29 is 8.42 Å². The van der Waals surface area contributed by atoms with Gasteiger partial charge < -0.3 is 11.1 Å². The van der Waals surface area contributed by atoms with Crippen molar-refractivity contribution >= 4 is 9.84 Å². The lowest BCUT2D eigenvalue weighted by Crippen LogP contribution is -2.47. The second kappa shape index (κ2) is 5.36. The third-order valence-electron chi connectivity index (χ3n) is 3.19. The molecular weight excluding hydrogens is 250 g/mol. The summed E-state index contributed by atoms with van der Waals surface area (Å²) >= 11 is 0. The minimum absolute atomic E-state index is 0.166. The fraction of sp³-hybridized carbons (Fsp3) is 0.500. The second-order valence-corrected chi connectivity index (χ2v) is 6.59. The van der Waals surface area contributed by atoms with Crippen LogP contribution >= 0.6 is 0 Å². The van der Waals surface area contributed by atoms with E-state index in [9.17, 15) is 8.42 Å². The fourth-order valence-electron chi connectivity index (χ4n) is 2.08. The molecule has 1 aromatic carbocycles. The van der Waals surface area contributed by atoms with Gasteiger partial charge >= 0.3 is 0 Å². The molecule has 18 heavy (non-hydrogen) atoms. The summed E-state index contributed by atoms with van der Waals surface area (Å²) in [6.07, 6.45) is 1.04. The van der Waals surface area contributed by atoms with Gasteiger partial charge in [-0.3, -0.25) is 4.90 Å². The van der Waals surface area contributed by atoms with E-state index in [0.29, 0.717) is 4.90 Å². The number of piperazine rings is 1. The van der Waals surface area contributed by atoms with Crippen LogP contribution in [-0.2, 0) is 9.84 Å². The zero-order valence-electron chi connectivity index (χ0n) is 10.5. The first-order valence-corrected chi connectivity index (χ1v) is 7.88. The normalized spacial score (nSPS) is 19.7. The van der Waals surface area contributed by atoms with Gasteiger partial charge in [-0.15, -0.1) is 0 Å². The van der Waals surface area contributed by atoms with Gasteiger partial charge in [-0.2, -0.15) is 0 Å². The Labute approximate surface area is 108 Å². The summed E-state index contributed by atoms with van der Waals surface area (Å²) in [6, 6.07) is 6.83. The third-order valence-corrected chi connectivity index (χ3v) is 4.32. The Morgan fingerprint density at radius 3 is 2.28 bits per heavy atom. The Bertz CT molecular complexity index is 493. The van der Waals surface area contributed by atoms with E-state index in [-0.39, 0.29) is 6.17 Å². The van der Waals surface area contributed by atoms with E-state index in [2.05, 4.69) is 10.2 Å². The predicted octanol–water partition coefficient (Wildman–Crippen LogP) is -0.0474. The van der Waals surface area contributed by atoms with Gasteiger partial charge in [0.1, 0.15) is 0 Å². The molecule has 0 spiro atoms. The van der Waals surface area contributed by atoms with Crippen LogP contribution in [0.3, 0.4) is 0 Å². The van der Waals surface area contributed by atoms with Crippen LogP contribution in [0.25, 0.3) is 0 Å². The van der Waals surface area contributed by atoms with Crippen molar-refractivity contribution in [1.29, 1.82) is 0 Å². The number of hydrogen-bond acceptors (Lipinski definition) is 5. The molecule has 1 aliphatic heterocycles. The molecule has 3 N–H and O–H groups in total. The van der Waals surface area contributed by atoms with Crippen molar-refractivity contribution in [2.45, 2.75) is 11.1 Å². The van der Waals surface area contributed by atoms with E-state index in [4.69, 9.17) is 5.73 Å². The average molecular weight is 269 g/mol. The predicted molar refractivity (Wildman–Crippen MR) is 70.9 cm³/mol. The van der Waals surface area contributed by atoms with Gasteiger partial charge in [-0.1, -0.05) is 12.1 Å². The smallest absolute Gasteiger partial charge is 0.175 e. The molecule has 2 rings (SSSR count). The number of nitrogens with two attached hydrogens (primary N) is 1. The van der Waals surface area contributed by atoms with Gasteiger partial charge in [0.05, 0.1) is 11.1 Å². The first kappa shape index (κ1) is 13.5. The van der Waals surface area contributed by atoms with Crippen molar-refractivity contribution in [2.24, 2.45) is 5.73 Å². The van der Waals surface area contributed by atoms with E-state index in [1.807, 2.05) is 0 Å². The molecular formula is C12H19N3O2S. The summed E-state index contributed by atoms with van der Waals surface area (Å²) in [5.41, 5.74) is 7.13. The van der Waals surface area contributed by atoms with E-state index < -0.39 is 9.84 Å². The SMILES string of the molecule is CS(=O)(=O)c1ccc(C(N)N2CCNCC2)cc1. The molecule has 6 heteroatoms. The third kappa shape index (κ3) is 3.08. The van der Waals surface area contributed by atoms with Crippen molar-refractivity contribution in [1.82, 2.24) is 10.2 Å². The Morgan fingerprint density at radius 1 is 1.22 bits per heavy atom. The topological polar surface area (TPSA) is 75.4 Å². The van der Waals surface area contributed by atoms with Crippen LogP contribution in [0.5, 0.6) is 0 Å². The Morgan fingerprint density at radius 2 is 1.78 bits per heavy atom. The molecule has 100 valence electrons. The summed E-state index contributed by atoms with van der Waals surface area (Å²) in [5.74, 6) is 0. The number of rotatable bonds is 3. The zero-order chi connectivity index (χ0) is 13.2. The number of nitrogens with zero attached hydrogens (tertiary/aromatic N) is 1. The molecule has 1 aliphatic rings. The standard InChI is InChI=1S/C12H19N3O2S/c1-18(16,17)11-4-2-10(3-5-11)12(13)15-8-6-14-7-9-15/h2-5,12,14H,6-9,13H2,1H3. The summed E-state index contributed by atoms with van der Waals surface area (Å²) in [7, 11) is -3.13. The van der Waals surface area contributed by atoms with Gasteiger partial charge in [-0.05, 0) is 17.7 Å². The van der Waals surface area contributed by atoms with Gasteiger partial charge in [0.25, 0.3) is 0 Å². The maximum Gasteiger partial charge on any atom is 0.175 e. The van der Waals surface area contributed by atoms with Crippen molar-refractivity contribution in [3.05, 3.63) is 29.8 Å². The Hall–Kier alpha value is -0.950. The zero-order valence-corrected chi connectivity index (χ0v) is 11.3. The Kier molecular flexibility index (Phi) is 4.01. The highest BCUT2D eigenvalue weighted by atomic mass is 32.2. The van der Waals surface area contributed by atoms with Crippen LogP contribution in [0.15, 0.2) is 29.2 Å². The molecule has 0 amide bonds. The minimum atomic E-state index is -3.13. The summed E-state index contributed by atoms with van der Waals surface area (Å²) in [5, 5.41) is 3.27. The maximum absolute atomic E-state index is 11.4. The van der Waals surface area contributed by atoms with Crippen molar-refractivity contribution in [3.8, 4) is 0 Å². The van der Waals surface area contributed by atoms with Crippen LogP contribution in [-0.4, -0.2) is 45.8 Å². The molecule has 0 bridgehead atoms. The lowest BCUT2D eigenvalue weighted by molar-refractivity contribution is 0.177.